The smallest absolute Gasteiger partial charge is 0.253 e. The topological polar surface area (TPSA) is 45.2 Å². The molecular weight excluding hydrogens is 274 g/mol. The van der Waals surface area contributed by atoms with Crippen LogP contribution < -0.4 is 10.2 Å². The number of carbonyl (C=O) groups excluding carboxylic acids is 1. The molecule has 0 saturated carbocycles. The molecule has 0 saturated heterocycles. The van der Waals surface area contributed by atoms with E-state index < -0.39 is 0 Å². The first-order chi connectivity index (χ1) is 10.3. The Bertz CT molecular complexity index is 632. The largest absolute Gasteiger partial charge is 0.369 e. The van der Waals surface area contributed by atoms with Crippen LogP contribution in [-0.2, 0) is 6.54 Å². The molecule has 1 aromatic carbocycles. The van der Waals surface area contributed by atoms with Gasteiger partial charge in [-0.05, 0) is 32.4 Å². The number of rotatable bonds is 4. The van der Waals surface area contributed by atoms with Gasteiger partial charge in [0.1, 0.15) is 0 Å². The molecule has 1 amide bonds. The van der Waals surface area contributed by atoms with Crippen molar-refractivity contribution in [2.45, 2.75) is 32.9 Å². The molecule has 0 aliphatic rings. The van der Waals surface area contributed by atoms with E-state index in [1.807, 2.05) is 52.1 Å². The van der Waals surface area contributed by atoms with Crippen molar-refractivity contribution in [3.8, 4) is 0 Å². The Morgan fingerprint density at radius 3 is 2.50 bits per heavy atom. The van der Waals surface area contributed by atoms with Crippen LogP contribution in [0.25, 0.3) is 0 Å². The standard InChI is InChI=1S/C18H23N3O/c1-18(2,3)20-17(22)15-10-16(12-19-11-15)21(4)13-14-8-6-5-7-9-14/h5-12H,13H2,1-4H3,(H,20,22). The Labute approximate surface area is 132 Å². The first-order valence-electron chi connectivity index (χ1n) is 7.38. The lowest BCUT2D eigenvalue weighted by molar-refractivity contribution is 0.0919. The molecule has 4 nitrogen and oxygen atoms in total. The number of aromatic nitrogens is 1. The lowest BCUT2D eigenvalue weighted by Crippen LogP contribution is -2.40. The third-order valence-corrected chi connectivity index (χ3v) is 3.18. The summed E-state index contributed by atoms with van der Waals surface area (Å²) in [5.41, 5.74) is 2.45. The van der Waals surface area contributed by atoms with Crippen LogP contribution in [0.4, 0.5) is 5.69 Å². The summed E-state index contributed by atoms with van der Waals surface area (Å²) in [6.45, 7) is 6.66. The van der Waals surface area contributed by atoms with Crippen molar-refractivity contribution in [3.63, 3.8) is 0 Å². The van der Waals surface area contributed by atoms with Gasteiger partial charge in [0.25, 0.3) is 5.91 Å². The molecule has 0 radical (unpaired) electrons. The number of hydrogen-bond acceptors (Lipinski definition) is 3. The fourth-order valence-corrected chi connectivity index (χ4v) is 2.12. The lowest BCUT2D eigenvalue weighted by Gasteiger charge is -2.22. The van der Waals surface area contributed by atoms with Gasteiger partial charge in [-0.3, -0.25) is 9.78 Å². The van der Waals surface area contributed by atoms with E-state index >= 15 is 0 Å². The minimum Gasteiger partial charge on any atom is -0.369 e. The number of anilines is 1. The van der Waals surface area contributed by atoms with Gasteiger partial charge in [-0.25, -0.2) is 0 Å². The van der Waals surface area contributed by atoms with Crippen LogP contribution in [0, 0.1) is 0 Å². The van der Waals surface area contributed by atoms with Crippen LogP contribution in [0.15, 0.2) is 48.8 Å². The Hall–Kier alpha value is -2.36. The molecule has 1 heterocycles. The van der Waals surface area contributed by atoms with Crippen LogP contribution in [0.3, 0.4) is 0 Å². The third-order valence-electron chi connectivity index (χ3n) is 3.18. The zero-order valence-electron chi connectivity index (χ0n) is 13.6. The summed E-state index contributed by atoms with van der Waals surface area (Å²) in [7, 11) is 2.00. The highest BCUT2D eigenvalue weighted by Crippen LogP contribution is 2.16. The molecular formula is C18H23N3O. The summed E-state index contributed by atoms with van der Waals surface area (Å²) in [6, 6.07) is 12.1. The number of nitrogens with one attached hydrogen (secondary N) is 1. The number of pyridine rings is 1. The molecule has 0 bridgehead atoms. The van der Waals surface area contributed by atoms with Crippen LogP contribution in [0.5, 0.6) is 0 Å². The van der Waals surface area contributed by atoms with Gasteiger partial charge in [-0.1, -0.05) is 30.3 Å². The predicted molar refractivity (Wildman–Crippen MR) is 90.0 cm³/mol. The van der Waals surface area contributed by atoms with Crippen molar-refractivity contribution in [1.29, 1.82) is 0 Å². The molecule has 116 valence electrons. The Morgan fingerprint density at radius 2 is 1.86 bits per heavy atom. The zero-order chi connectivity index (χ0) is 16.2. The molecule has 1 aromatic heterocycles. The quantitative estimate of drug-likeness (QED) is 0.942. The van der Waals surface area contributed by atoms with E-state index in [9.17, 15) is 4.79 Å². The van der Waals surface area contributed by atoms with Crippen molar-refractivity contribution in [3.05, 3.63) is 59.9 Å². The minimum atomic E-state index is -0.261. The van der Waals surface area contributed by atoms with Crippen molar-refractivity contribution in [2.24, 2.45) is 0 Å². The average Bonchev–Trinajstić information content (AvgIpc) is 2.46. The van der Waals surface area contributed by atoms with Gasteiger partial charge in [0.15, 0.2) is 0 Å². The van der Waals surface area contributed by atoms with Crippen LogP contribution in [-0.4, -0.2) is 23.5 Å². The summed E-state index contributed by atoms with van der Waals surface area (Å²) >= 11 is 0. The van der Waals surface area contributed by atoms with E-state index in [0.29, 0.717) is 5.56 Å². The van der Waals surface area contributed by atoms with Gasteiger partial charge in [-0.2, -0.15) is 0 Å². The van der Waals surface area contributed by atoms with Crippen molar-refractivity contribution >= 4 is 11.6 Å². The molecule has 1 N–H and O–H groups in total. The predicted octanol–water partition coefficient (Wildman–Crippen LogP) is 3.25. The van der Waals surface area contributed by atoms with E-state index in [4.69, 9.17) is 0 Å². The fraction of sp³-hybridized carbons (Fsp3) is 0.333. The summed E-state index contributed by atoms with van der Waals surface area (Å²) in [5, 5.41) is 2.95. The molecule has 0 fully saturated rings. The monoisotopic (exact) mass is 297 g/mol. The second kappa shape index (κ2) is 6.60. The maximum Gasteiger partial charge on any atom is 0.253 e. The van der Waals surface area contributed by atoms with E-state index in [2.05, 4.69) is 27.3 Å². The van der Waals surface area contributed by atoms with Gasteiger partial charge >= 0.3 is 0 Å². The minimum absolute atomic E-state index is 0.102. The van der Waals surface area contributed by atoms with E-state index in [-0.39, 0.29) is 11.4 Å². The number of hydrogen-bond donors (Lipinski definition) is 1. The van der Waals surface area contributed by atoms with E-state index in [1.54, 1.807) is 12.4 Å². The van der Waals surface area contributed by atoms with Crippen molar-refractivity contribution < 1.29 is 4.79 Å². The van der Waals surface area contributed by atoms with Gasteiger partial charge < -0.3 is 10.2 Å². The van der Waals surface area contributed by atoms with Crippen molar-refractivity contribution in [2.75, 3.05) is 11.9 Å². The van der Waals surface area contributed by atoms with Gasteiger partial charge in [0.2, 0.25) is 0 Å². The molecule has 0 unspecified atom stereocenters. The summed E-state index contributed by atoms with van der Waals surface area (Å²) in [6.07, 6.45) is 3.37. The first kappa shape index (κ1) is 16.0. The number of nitrogens with zero attached hydrogens (tertiary/aromatic N) is 2. The molecule has 22 heavy (non-hydrogen) atoms. The second-order valence-electron chi connectivity index (χ2n) is 6.48. The SMILES string of the molecule is CN(Cc1ccccc1)c1cncc(C(=O)NC(C)(C)C)c1. The number of benzene rings is 1. The molecule has 0 spiro atoms. The highest BCUT2D eigenvalue weighted by molar-refractivity contribution is 5.95. The molecule has 0 aliphatic heterocycles. The maximum absolute atomic E-state index is 12.2. The normalized spacial score (nSPS) is 11.1. The fourth-order valence-electron chi connectivity index (χ4n) is 2.12. The molecule has 0 aliphatic carbocycles. The van der Waals surface area contributed by atoms with Crippen LogP contribution >= 0.6 is 0 Å². The van der Waals surface area contributed by atoms with E-state index in [0.717, 1.165) is 12.2 Å². The molecule has 4 heteroatoms. The van der Waals surface area contributed by atoms with Gasteiger partial charge in [0, 0.05) is 25.3 Å². The van der Waals surface area contributed by atoms with Gasteiger partial charge in [0.05, 0.1) is 17.4 Å². The highest BCUT2D eigenvalue weighted by Gasteiger charge is 2.16. The molecule has 2 aromatic rings. The molecule has 0 atom stereocenters. The number of amides is 1. The summed E-state index contributed by atoms with van der Waals surface area (Å²) in [4.78, 5) is 18.5. The Kier molecular flexibility index (Phi) is 4.81. The summed E-state index contributed by atoms with van der Waals surface area (Å²) in [5.74, 6) is -0.102. The summed E-state index contributed by atoms with van der Waals surface area (Å²) < 4.78 is 0. The third kappa shape index (κ3) is 4.58. The molecule has 2 rings (SSSR count). The first-order valence-corrected chi connectivity index (χ1v) is 7.38. The van der Waals surface area contributed by atoms with Crippen LogP contribution in [0.2, 0.25) is 0 Å². The number of carbonyl (C=O) groups is 1. The average molecular weight is 297 g/mol. The van der Waals surface area contributed by atoms with Gasteiger partial charge in [-0.15, -0.1) is 0 Å². The zero-order valence-corrected chi connectivity index (χ0v) is 13.6. The van der Waals surface area contributed by atoms with E-state index in [1.165, 1.54) is 5.56 Å². The highest BCUT2D eigenvalue weighted by atomic mass is 16.1. The maximum atomic E-state index is 12.2. The van der Waals surface area contributed by atoms with Crippen LogP contribution in [0.1, 0.15) is 36.7 Å². The lowest BCUT2D eigenvalue weighted by atomic mass is 10.1. The second-order valence-corrected chi connectivity index (χ2v) is 6.48. The van der Waals surface area contributed by atoms with Crippen molar-refractivity contribution in [1.82, 2.24) is 10.3 Å². The Balaban J connectivity index is 2.12. The Morgan fingerprint density at radius 1 is 1.18 bits per heavy atom.